The van der Waals surface area contributed by atoms with Gasteiger partial charge in [0.1, 0.15) is 5.69 Å². The maximum Gasteiger partial charge on any atom is 0.361 e. The van der Waals surface area contributed by atoms with Crippen molar-refractivity contribution in [1.29, 1.82) is 0 Å². The summed E-state index contributed by atoms with van der Waals surface area (Å²) in [5, 5.41) is 13.2. The third kappa shape index (κ3) is 2.35. The van der Waals surface area contributed by atoms with Crippen molar-refractivity contribution in [3.8, 4) is 5.69 Å². The molecule has 0 saturated heterocycles. The van der Waals surface area contributed by atoms with E-state index in [0.717, 1.165) is 10.9 Å². The van der Waals surface area contributed by atoms with E-state index in [1.54, 1.807) is 17.8 Å². The molecule has 6 heteroatoms. The molecule has 0 saturated carbocycles. The molecule has 6 nitrogen and oxygen atoms in total. The Kier molecular flexibility index (Phi) is 3.35. The number of hydrogen-bond acceptors (Lipinski definition) is 5. The van der Waals surface area contributed by atoms with Crippen molar-refractivity contribution in [2.24, 2.45) is 0 Å². The first-order chi connectivity index (χ1) is 10.2. The van der Waals surface area contributed by atoms with Gasteiger partial charge in [0, 0.05) is 11.6 Å². The van der Waals surface area contributed by atoms with E-state index >= 15 is 0 Å². The quantitative estimate of drug-likeness (QED) is 0.689. The highest BCUT2D eigenvalue weighted by Crippen LogP contribution is 2.23. The molecule has 0 bridgehead atoms. The Hall–Kier alpha value is -2.76. The van der Waals surface area contributed by atoms with E-state index in [9.17, 15) is 4.79 Å². The first kappa shape index (κ1) is 13.2. The van der Waals surface area contributed by atoms with Crippen molar-refractivity contribution >= 4 is 16.9 Å². The molecule has 21 heavy (non-hydrogen) atoms. The summed E-state index contributed by atoms with van der Waals surface area (Å²) >= 11 is 0. The first-order valence-corrected chi connectivity index (χ1v) is 6.65. The lowest BCUT2D eigenvalue weighted by atomic mass is 10.1. The van der Waals surface area contributed by atoms with Crippen molar-refractivity contribution in [2.75, 3.05) is 6.61 Å². The van der Waals surface area contributed by atoms with E-state index in [1.165, 1.54) is 0 Å². The number of nitrogens with zero attached hydrogens (tertiary/aromatic N) is 4. The van der Waals surface area contributed by atoms with Gasteiger partial charge in [-0.3, -0.25) is 0 Å². The number of hydrogen-bond donors (Lipinski definition) is 0. The van der Waals surface area contributed by atoms with Crippen LogP contribution in [0.4, 0.5) is 0 Å². The van der Waals surface area contributed by atoms with Crippen LogP contribution in [-0.4, -0.2) is 32.6 Å². The lowest BCUT2D eigenvalue weighted by Crippen LogP contribution is -2.14. The smallest absolute Gasteiger partial charge is 0.361 e. The van der Waals surface area contributed by atoms with Crippen LogP contribution in [0, 0.1) is 6.92 Å². The van der Waals surface area contributed by atoms with E-state index in [2.05, 4.69) is 15.3 Å². The summed E-state index contributed by atoms with van der Waals surface area (Å²) in [7, 11) is 0. The Bertz CT molecular complexity index is 810. The summed E-state index contributed by atoms with van der Waals surface area (Å²) in [5.41, 5.74) is 2.45. The van der Waals surface area contributed by atoms with Crippen LogP contribution < -0.4 is 0 Å². The molecule has 0 aliphatic carbocycles. The predicted molar refractivity (Wildman–Crippen MR) is 77.4 cm³/mol. The molecule has 2 heterocycles. The van der Waals surface area contributed by atoms with Crippen LogP contribution in [0.15, 0.2) is 36.7 Å². The summed E-state index contributed by atoms with van der Waals surface area (Å²) < 4.78 is 6.70. The van der Waals surface area contributed by atoms with Gasteiger partial charge in [0.25, 0.3) is 0 Å². The van der Waals surface area contributed by atoms with Gasteiger partial charge in [0.05, 0.1) is 18.3 Å². The Morgan fingerprint density at radius 1 is 1.29 bits per heavy atom. The number of fused-ring (bicyclic) bond motifs is 1. The molecule has 3 rings (SSSR count). The SMILES string of the molecule is CCOC(=O)c1nnc2ccccc2c1-n1cc(C)cn1. The van der Waals surface area contributed by atoms with Gasteiger partial charge in [-0.2, -0.15) is 5.10 Å². The van der Waals surface area contributed by atoms with Gasteiger partial charge in [0.15, 0.2) is 5.69 Å². The fraction of sp³-hybridized carbons (Fsp3) is 0.200. The van der Waals surface area contributed by atoms with Crippen molar-refractivity contribution in [3.63, 3.8) is 0 Å². The molecule has 0 radical (unpaired) electrons. The highest BCUT2D eigenvalue weighted by atomic mass is 16.5. The van der Waals surface area contributed by atoms with Gasteiger partial charge in [0.2, 0.25) is 0 Å². The van der Waals surface area contributed by atoms with Gasteiger partial charge in [-0.25, -0.2) is 9.48 Å². The molecule has 0 unspecified atom stereocenters. The van der Waals surface area contributed by atoms with Gasteiger partial charge in [-0.15, -0.1) is 10.2 Å². The molecular formula is C15H14N4O2. The second-order valence-electron chi connectivity index (χ2n) is 4.60. The van der Waals surface area contributed by atoms with Crippen molar-refractivity contribution in [3.05, 3.63) is 47.9 Å². The summed E-state index contributed by atoms with van der Waals surface area (Å²) in [6.45, 7) is 3.97. The lowest BCUT2D eigenvalue weighted by Gasteiger charge is -2.10. The van der Waals surface area contributed by atoms with Crippen molar-refractivity contribution in [1.82, 2.24) is 20.0 Å². The van der Waals surface area contributed by atoms with Crippen LogP contribution in [0.3, 0.4) is 0 Å². The molecule has 0 fully saturated rings. The summed E-state index contributed by atoms with van der Waals surface area (Å²) in [6, 6.07) is 7.49. The molecule has 1 aromatic carbocycles. The van der Waals surface area contributed by atoms with Crippen LogP contribution in [0.2, 0.25) is 0 Å². The van der Waals surface area contributed by atoms with E-state index in [0.29, 0.717) is 11.2 Å². The van der Waals surface area contributed by atoms with Gasteiger partial charge in [-0.1, -0.05) is 18.2 Å². The highest BCUT2D eigenvalue weighted by Gasteiger charge is 2.20. The minimum absolute atomic E-state index is 0.165. The molecule has 0 aliphatic rings. The van der Waals surface area contributed by atoms with Crippen molar-refractivity contribution in [2.45, 2.75) is 13.8 Å². The third-order valence-corrected chi connectivity index (χ3v) is 3.05. The largest absolute Gasteiger partial charge is 0.461 e. The minimum Gasteiger partial charge on any atom is -0.461 e. The zero-order valence-electron chi connectivity index (χ0n) is 11.8. The molecule has 106 valence electrons. The molecule has 0 amide bonds. The maximum atomic E-state index is 12.1. The van der Waals surface area contributed by atoms with Gasteiger partial charge < -0.3 is 4.74 Å². The summed E-state index contributed by atoms with van der Waals surface area (Å²) in [6.07, 6.45) is 3.57. The third-order valence-electron chi connectivity index (χ3n) is 3.05. The monoisotopic (exact) mass is 282 g/mol. The molecular weight excluding hydrogens is 268 g/mol. The van der Waals surface area contributed by atoms with Crippen LogP contribution in [-0.2, 0) is 4.74 Å². The van der Waals surface area contributed by atoms with E-state index in [-0.39, 0.29) is 12.3 Å². The van der Waals surface area contributed by atoms with Crippen molar-refractivity contribution < 1.29 is 9.53 Å². The summed E-state index contributed by atoms with van der Waals surface area (Å²) in [4.78, 5) is 12.1. The number of benzene rings is 1. The number of carbonyl (C=O) groups excluding carboxylic acids is 1. The van der Waals surface area contributed by atoms with Crippen LogP contribution in [0.5, 0.6) is 0 Å². The Balaban J connectivity index is 2.30. The molecule has 0 N–H and O–H groups in total. The Morgan fingerprint density at radius 2 is 2.10 bits per heavy atom. The Labute approximate surface area is 121 Å². The van der Waals surface area contributed by atoms with Crippen LogP contribution >= 0.6 is 0 Å². The molecule has 3 aromatic rings. The number of carbonyl (C=O) groups is 1. The zero-order valence-corrected chi connectivity index (χ0v) is 11.8. The standard InChI is InChI=1S/C15H14N4O2/c1-3-21-15(20)13-14(19-9-10(2)8-16-19)11-6-4-5-7-12(11)17-18-13/h4-9H,3H2,1-2H3. The molecule has 0 spiro atoms. The van der Waals surface area contributed by atoms with Gasteiger partial charge >= 0.3 is 5.97 Å². The number of aromatic nitrogens is 4. The zero-order chi connectivity index (χ0) is 14.8. The first-order valence-electron chi connectivity index (χ1n) is 6.65. The summed E-state index contributed by atoms with van der Waals surface area (Å²) in [5.74, 6) is -0.501. The fourth-order valence-corrected chi connectivity index (χ4v) is 2.14. The van der Waals surface area contributed by atoms with E-state index < -0.39 is 5.97 Å². The number of aryl methyl sites for hydroxylation is 1. The Morgan fingerprint density at radius 3 is 2.81 bits per heavy atom. The number of rotatable bonds is 3. The number of ether oxygens (including phenoxy) is 1. The highest BCUT2D eigenvalue weighted by molar-refractivity contribution is 5.99. The normalized spacial score (nSPS) is 10.8. The minimum atomic E-state index is -0.501. The topological polar surface area (TPSA) is 69.9 Å². The molecule has 2 aromatic heterocycles. The second-order valence-corrected chi connectivity index (χ2v) is 4.60. The maximum absolute atomic E-state index is 12.1. The fourth-order valence-electron chi connectivity index (χ4n) is 2.14. The second kappa shape index (κ2) is 5.32. The lowest BCUT2D eigenvalue weighted by molar-refractivity contribution is 0.0518. The van der Waals surface area contributed by atoms with E-state index in [1.807, 2.05) is 37.4 Å². The average molecular weight is 282 g/mol. The predicted octanol–water partition coefficient (Wildman–Crippen LogP) is 2.30. The number of esters is 1. The van der Waals surface area contributed by atoms with Gasteiger partial charge in [-0.05, 0) is 25.5 Å². The average Bonchev–Trinajstić information content (AvgIpc) is 2.92. The van der Waals surface area contributed by atoms with Crippen LogP contribution in [0.25, 0.3) is 16.6 Å². The van der Waals surface area contributed by atoms with Crippen LogP contribution in [0.1, 0.15) is 23.0 Å². The molecule has 0 atom stereocenters. The van der Waals surface area contributed by atoms with E-state index in [4.69, 9.17) is 4.74 Å². The molecule has 0 aliphatic heterocycles.